The molecule has 1 aromatic carbocycles. The number of amides is 1. The van der Waals surface area contributed by atoms with Gasteiger partial charge in [0.15, 0.2) is 0 Å². The predicted molar refractivity (Wildman–Crippen MR) is 90.4 cm³/mol. The van der Waals surface area contributed by atoms with E-state index in [0.717, 1.165) is 43.4 Å². The molecule has 6 nitrogen and oxygen atoms in total. The highest BCUT2D eigenvalue weighted by molar-refractivity contribution is 5.76. The summed E-state index contributed by atoms with van der Waals surface area (Å²) in [5.74, 6) is 0.745. The number of para-hydroxylation sites is 2. The summed E-state index contributed by atoms with van der Waals surface area (Å²) in [5, 5.41) is 6.26. The number of aromatic amines is 1. The smallest absolute Gasteiger partial charge is 0.326 e. The monoisotopic (exact) mass is 316 g/mol. The number of benzene rings is 1. The van der Waals surface area contributed by atoms with Crippen LogP contribution in [0.5, 0.6) is 0 Å². The molecule has 1 fully saturated rings. The zero-order valence-electron chi connectivity index (χ0n) is 13.3. The van der Waals surface area contributed by atoms with E-state index in [4.69, 9.17) is 0 Å². The van der Waals surface area contributed by atoms with Gasteiger partial charge in [-0.3, -0.25) is 9.36 Å². The molecule has 23 heavy (non-hydrogen) atoms. The van der Waals surface area contributed by atoms with Gasteiger partial charge in [-0.1, -0.05) is 12.1 Å². The summed E-state index contributed by atoms with van der Waals surface area (Å²) in [4.78, 5) is 26.7. The van der Waals surface area contributed by atoms with Crippen LogP contribution < -0.4 is 16.3 Å². The summed E-state index contributed by atoms with van der Waals surface area (Å²) in [6, 6.07) is 7.59. The lowest BCUT2D eigenvalue weighted by Crippen LogP contribution is -2.31. The normalized spacial score (nSPS) is 15.8. The van der Waals surface area contributed by atoms with Gasteiger partial charge in [0, 0.05) is 19.5 Å². The maximum atomic E-state index is 11.9. The largest absolute Gasteiger partial charge is 0.354 e. The van der Waals surface area contributed by atoms with Crippen molar-refractivity contribution in [3.63, 3.8) is 0 Å². The second-order valence-electron chi connectivity index (χ2n) is 6.18. The van der Waals surface area contributed by atoms with Gasteiger partial charge in [-0.2, -0.15) is 0 Å². The highest BCUT2D eigenvalue weighted by Gasteiger charge is 2.14. The molecule has 2 heterocycles. The minimum absolute atomic E-state index is 0.0800. The molecular formula is C17H24N4O2. The van der Waals surface area contributed by atoms with Crippen molar-refractivity contribution >= 4 is 16.9 Å². The molecule has 2 aromatic rings. The number of fused-ring (bicyclic) bond motifs is 1. The highest BCUT2D eigenvalue weighted by Crippen LogP contribution is 2.17. The molecule has 0 aliphatic carbocycles. The van der Waals surface area contributed by atoms with E-state index in [9.17, 15) is 9.59 Å². The summed E-state index contributed by atoms with van der Waals surface area (Å²) < 4.78 is 1.67. The van der Waals surface area contributed by atoms with Crippen molar-refractivity contribution < 1.29 is 4.79 Å². The molecule has 3 rings (SSSR count). The van der Waals surface area contributed by atoms with E-state index in [0.29, 0.717) is 25.4 Å². The summed E-state index contributed by atoms with van der Waals surface area (Å²) in [6.07, 6.45) is 3.87. The second kappa shape index (κ2) is 7.46. The molecular weight excluding hydrogens is 292 g/mol. The Morgan fingerprint density at radius 3 is 2.87 bits per heavy atom. The molecule has 1 aliphatic rings. The highest BCUT2D eigenvalue weighted by atomic mass is 16.2. The lowest BCUT2D eigenvalue weighted by atomic mass is 9.93. The van der Waals surface area contributed by atoms with Crippen LogP contribution in [0.15, 0.2) is 29.1 Å². The maximum Gasteiger partial charge on any atom is 0.326 e. The van der Waals surface area contributed by atoms with E-state index < -0.39 is 0 Å². The number of imidazole rings is 1. The van der Waals surface area contributed by atoms with Gasteiger partial charge < -0.3 is 15.6 Å². The van der Waals surface area contributed by atoms with Crippen LogP contribution in [0.4, 0.5) is 0 Å². The van der Waals surface area contributed by atoms with Crippen LogP contribution in [0, 0.1) is 5.92 Å². The predicted octanol–water partition coefficient (Wildman–Crippen LogP) is 1.23. The third kappa shape index (κ3) is 4.01. The summed E-state index contributed by atoms with van der Waals surface area (Å²) in [5.41, 5.74) is 1.58. The minimum Gasteiger partial charge on any atom is -0.354 e. The van der Waals surface area contributed by atoms with Gasteiger partial charge in [-0.05, 0) is 50.4 Å². The Labute approximate surface area is 135 Å². The molecule has 0 saturated carbocycles. The minimum atomic E-state index is -0.129. The molecule has 0 radical (unpaired) electrons. The van der Waals surface area contributed by atoms with Crippen molar-refractivity contribution in [2.75, 3.05) is 19.6 Å². The number of hydrogen-bond donors (Lipinski definition) is 3. The van der Waals surface area contributed by atoms with Crippen molar-refractivity contribution in [2.24, 2.45) is 5.92 Å². The van der Waals surface area contributed by atoms with E-state index in [1.807, 2.05) is 24.3 Å². The lowest BCUT2D eigenvalue weighted by Gasteiger charge is -2.22. The van der Waals surface area contributed by atoms with Crippen LogP contribution in [0.1, 0.15) is 25.7 Å². The average Bonchev–Trinajstić information content (AvgIpc) is 2.90. The number of piperidine rings is 1. The first-order chi connectivity index (χ1) is 11.2. The van der Waals surface area contributed by atoms with Gasteiger partial charge in [-0.25, -0.2) is 4.79 Å². The van der Waals surface area contributed by atoms with Crippen LogP contribution in [0.3, 0.4) is 0 Å². The second-order valence-corrected chi connectivity index (χ2v) is 6.18. The summed E-state index contributed by atoms with van der Waals surface area (Å²) >= 11 is 0. The molecule has 0 unspecified atom stereocenters. The van der Waals surface area contributed by atoms with Gasteiger partial charge in [0.1, 0.15) is 0 Å². The Balaban J connectivity index is 1.46. The number of hydrogen-bond acceptors (Lipinski definition) is 3. The topological polar surface area (TPSA) is 78.9 Å². The molecule has 1 saturated heterocycles. The average molecular weight is 316 g/mol. The first kappa shape index (κ1) is 15.8. The van der Waals surface area contributed by atoms with Crippen LogP contribution in [0.2, 0.25) is 0 Å². The Bertz CT molecular complexity index is 713. The van der Waals surface area contributed by atoms with E-state index >= 15 is 0 Å². The first-order valence-electron chi connectivity index (χ1n) is 8.39. The Hall–Kier alpha value is -2.08. The molecule has 1 aliphatic heterocycles. The fourth-order valence-electron chi connectivity index (χ4n) is 3.23. The van der Waals surface area contributed by atoms with Gasteiger partial charge >= 0.3 is 5.69 Å². The van der Waals surface area contributed by atoms with Crippen molar-refractivity contribution in [1.82, 2.24) is 20.2 Å². The quantitative estimate of drug-likeness (QED) is 0.750. The van der Waals surface area contributed by atoms with Gasteiger partial charge in [0.25, 0.3) is 0 Å². The summed E-state index contributed by atoms with van der Waals surface area (Å²) in [7, 11) is 0. The number of nitrogens with one attached hydrogen (secondary N) is 3. The standard InChI is InChI=1S/C17H24N4O2/c22-16(6-5-13-7-9-18-10-8-13)19-11-12-21-15-4-2-1-3-14(15)20-17(21)23/h1-4,13,18H,5-12H2,(H,19,22)(H,20,23). The third-order valence-electron chi connectivity index (χ3n) is 4.58. The number of H-pyrrole nitrogens is 1. The Morgan fingerprint density at radius 2 is 2.04 bits per heavy atom. The zero-order valence-corrected chi connectivity index (χ0v) is 13.3. The van der Waals surface area contributed by atoms with E-state index in [1.165, 1.54) is 0 Å². The Kier molecular flexibility index (Phi) is 5.12. The molecule has 1 amide bonds. The molecule has 0 bridgehead atoms. The van der Waals surface area contributed by atoms with Crippen LogP contribution in [0.25, 0.3) is 11.0 Å². The lowest BCUT2D eigenvalue weighted by molar-refractivity contribution is -0.121. The SMILES string of the molecule is O=C(CCC1CCNCC1)NCCn1c(=O)[nH]c2ccccc21. The number of aromatic nitrogens is 2. The molecule has 0 atom stereocenters. The molecule has 0 spiro atoms. The third-order valence-corrected chi connectivity index (χ3v) is 4.58. The molecule has 124 valence electrons. The molecule has 6 heteroatoms. The number of rotatable bonds is 6. The van der Waals surface area contributed by atoms with Crippen molar-refractivity contribution in [1.29, 1.82) is 0 Å². The van der Waals surface area contributed by atoms with Gasteiger partial charge in [0.05, 0.1) is 11.0 Å². The van der Waals surface area contributed by atoms with Crippen LogP contribution in [-0.4, -0.2) is 35.1 Å². The Morgan fingerprint density at radius 1 is 1.26 bits per heavy atom. The van der Waals surface area contributed by atoms with Crippen molar-refractivity contribution in [3.05, 3.63) is 34.7 Å². The fourth-order valence-corrected chi connectivity index (χ4v) is 3.23. The van der Waals surface area contributed by atoms with Crippen molar-refractivity contribution in [2.45, 2.75) is 32.2 Å². The van der Waals surface area contributed by atoms with Crippen LogP contribution in [-0.2, 0) is 11.3 Å². The van der Waals surface area contributed by atoms with E-state index in [1.54, 1.807) is 4.57 Å². The number of nitrogens with zero attached hydrogens (tertiary/aromatic N) is 1. The maximum absolute atomic E-state index is 11.9. The van der Waals surface area contributed by atoms with Crippen molar-refractivity contribution in [3.8, 4) is 0 Å². The number of carbonyl (C=O) groups is 1. The van der Waals surface area contributed by atoms with Crippen LogP contribution >= 0.6 is 0 Å². The molecule has 1 aromatic heterocycles. The molecule has 3 N–H and O–H groups in total. The van der Waals surface area contributed by atoms with Gasteiger partial charge in [0.2, 0.25) is 5.91 Å². The number of carbonyl (C=O) groups excluding carboxylic acids is 1. The van der Waals surface area contributed by atoms with E-state index in [2.05, 4.69) is 15.6 Å². The first-order valence-corrected chi connectivity index (χ1v) is 8.39. The fraction of sp³-hybridized carbons (Fsp3) is 0.529. The van der Waals surface area contributed by atoms with Gasteiger partial charge in [-0.15, -0.1) is 0 Å². The zero-order chi connectivity index (χ0) is 16.1. The summed E-state index contributed by atoms with van der Waals surface area (Å²) in [6.45, 7) is 3.10. The van der Waals surface area contributed by atoms with E-state index in [-0.39, 0.29) is 11.6 Å².